The molecule has 25 heavy (non-hydrogen) atoms. The standard InChI is InChI=1S/C19H19N3O3/c1-23-13-6-3-5-12(11-13)18-21-19(25-22-18)20-16-10-9-15-14(16)7-4-8-17(15)24-2/h3-8,11,16H,9-10H2,1-2H3,(H,20,21,22). The number of aromatic nitrogens is 2. The second-order valence-corrected chi connectivity index (χ2v) is 5.92. The van der Waals surface area contributed by atoms with Gasteiger partial charge < -0.3 is 19.3 Å². The Hall–Kier alpha value is -3.02. The second kappa shape index (κ2) is 6.47. The predicted octanol–water partition coefficient (Wildman–Crippen LogP) is 3.85. The molecule has 2 aromatic carbocycles. The van der Waals surface area contributed by atoms with Gasteiger partial charge in [0.05, 0.1) is 20.3 Å². The van der Waals surface area contributed by atoms with Crippen molar-refractivity contribution in [3.8, 4) is 22.9 Å². The number of methoxy groups -OCH3 is 2. The number of ether oxygens (including phenoxy) is 2. The molecule has 1 unspecified atom stereocenters. The van der Waals surface area contributed by atoms with Gasteiger partial charge in [-0.05, 0) is 42.2 Å². The highest BCUT2D eigenvalue weighted by molar-refractivity contribution is 5.58. The van der Waals surface area contributed by atoms with Crippen molar-refractivity contribution >= 4 is 6.01 Å². The third kappa shape index (κ3) is 2.91. The zero-order valence-corrected chi connectivity index (χ0v) is 14.2. The van der Waals surface area contributed by atoms with E-state index in [9.17, 15) is 0 Å². The molecule has 1 N–H and O–H groups in total. The summed E-state index contributed by atoms with van der Waals surface area (Å²) in [4.78, 5) is 4.46. The number of fused-ring (bicyclic) bond motifs is 1. The van der Waals surface area contributed by atoms with Crippen molar-refractivity contribution in [2.75, 3.05) is 19.5 Å². The number of hydrogen-bond donors (Lipinski definition) is 1. The zero-order valence-electron chi connectivity index (χ0n) is 14.2. The lowest BCUT2D eigenvalue weighted by Gasteiger charge is -2.12. The van der Waals surface area contributed by atoms with Crippen LogP contribution in [0.4, 0.5) is 6.01 Å². The molecule has 0 amide bonds. The molecule has 1 aliphatic carbocycles. The molecule has 1 atom stereocenters. The minimum absolute atomic E-state index is 0.142. The summed E-state index contributed by atoms with van der Waals surface area (Å²) >= 11 is 0. The second-order valence-electron chi connectivity index (χ2n) is 5.92. The van der Waals surface area contributed by atoms with Crippen LogP contribution in [0.15, 0.2) is 47.0 Å². The van der Waals surface area contributed by atoms with Crippen LogP contribution in [-0.2, 0) is 6.42 Å². The molecule has 0 aliphatic heterocycles. The fourth-order valence-corrected chi connectivity index (χ4v) is 3.27. The summed E-state index contributed by atoms with van der Waals surface area (Å²) in [5, 5.41) is 7.40. The van der Waals surface area contributed by atoms with E-state index in [4.69, 9.17) is 14.0 Å². The fraction of sp³-hybridized carbons (Fsp3) is 0.263. The molecule has 0 radical (unpaired) electrons. The quantitative estimate of drug-likeness (QED) is 0.762. The molecule has 1 aromatic heterocycles. The van der Waals surface area contributed by atoms with Gasteiger partial charge in [0.2, 0.25) is 5.82 Å². The van der Waals surface area contributed by atoms with E-state index in [0.29, 0.717) is 11.8 Å². The van der Waals surface area contributed by atoms with Gasteiger partial charge >= 0.3 is 6.01 Å². The average Bonchev–Trinajstić information content (AvgIpc) is 3.29. The molecule has 0 fully saturated rings. The summed E-state index contributed by atoms with van der Waals surface area (Å²) in [7, 11) is 3.34. The summed E-state index contributed by atoms with van der Waals surface area (Å²) in [5.41, 5.74) is 3.32. The Morgan fingerprint density at radius 1 is 1.12 bits per heavy atom. The molecule has 0 bridgehead atoms. The van der Waals surface area contributed by atoms with Gasteiger partial charge in [0, 0.05) is 5.56 Å². The van der Waals surface area contributed by atoms with Crippen molar-refractivity contribution < 1.29 is 14.0 Å². The van der Waals surface area contributed by atoms with Crippen LogP contribution < -0.4 is 14.8 Å². The lowest BCUT2D eigenvalue weighted by molar-refractivity contribution is 0.410. The maximum atomic E-state index is 5.45. The van der Waals surface area contributed by atoms with E-state index in [2.05, 4.69) is 21.5 Å². The number of nitrogens with zero attached hydrogens (tertiary/aromatic N) is 2. The van der Waals surface area contributed by atoms with E-state index in [1.807, 2.05) is 36.4 Å². The van der Waals surface area contributed by atoms with Crippen molar-refractivity contribution in [2.24, 2.45) is 0 Å². The largest absolute Gasteiger partial charge is 0.497 e. The number of anilines is 1. The van der Waals surface area contributed by atoms with Crippen LogP contribution in [0.3, 0.4) is 0 Å². The molecular weight excluding hydrogens is 318 g/mol. The van der Waals surface area contributed by atoms with E-state index in [-0.39, 0.29) is 6.04 Å². The minimum atomic E-state index is 0.142. The van der Waals surface area contributed by atoms with Crippen LogP contribution in [0, 0.1) is 0 Å². The monoisotopic (exact) mass is 337 g/mol. The zero-order chi connectivity index (χ0) is 17.2. The van der Waals surface area contributed by atoms with Gasteiger partial charge in [0.15, 0.2) is 0 Å². The predicted molar refractivity (Wildman–Crippen MR) is 94.0 cm³/mol. The SMILES string of the molecule is COc1cccc(-c2noc(NC3CCc4c(OC)cccc43)n2)c1. The molecule has 128 valence electrons. The summed E-state index contributed by atoms with van der Waals surface area (Å²) in [6.45, 7) is 0. The number of nitrogens with one attached hydrogen (secondary N) is 1. The van der Waals surface area contributed by atoms with Crippen molar-refractivity contribution in [1.82, 2.24) is 10.1 Å². The summed E-state index contributed by atoms with van der Waals surface area (Å²) in [5.74, 6) is 2.23. The molecule has 1 heterocycles. The molecule has 6 nitrogen and oxygen atoms in total. The summed E-state index contributed by atoms with van der Waals surface area (Å²) < 4.78 is 16.1. The number of benzene rings is 2. The maximum absolute atomic E-state index is 5.45. The van der Waals surface area contributed by atoms with Crippen LogP contribution in [0.5, 0.6) is 11.5 Å². The Bertz CT molecular complexity index is 891. The molecule has 0 spiro atoms. The van der Waals surface area contributed by atoms with Crippen molar-refractivity contribution in [3.05, 3.63) is 53.6 Å². The van der Waals surface area contributed by atoms with E-state index in [1.54, 1.807) is 14.2 Å². The molecule has 4 rings (SSSR count). The lowest BCUT2D eigenvalue weighted by atomic mass is 10.1. The van der Waals surface area contributed by atoms with Gasteiger partial charge in [-0.3, -0.25) is 0 Å². The Morgan fingerprint density at radius 3 is 2.84 bits per heavy atom. The van der Waals surface area contributed by atoms with Crippen LogP contribution in [0.2, 0.25) is 0 Å². The topological polar surface area (TPSA) is 69.4 Å². The van der Waals surface area contributed by atoms with E-state index < -0.39 is 0 Å². The van der Waals surface area contributed by atoms with Crippen LogP contribution in [0.25, 0.3) is 11.4 Å². The van der Waals surface area contributed by atoms with Crippen molar-refractivity contribution in [1.29, 1.82) is 0 Å². The normalized spacial score (nSPS) is 15.7. The van der Waals surface area contributed by atoms with E-state index >= 15 is 0 Å². The van der Waals surface area contributed by atoms with Gasteiger partial charge in [-0.1, -0.05) is 29.4 Å². The Balaban J connectivity index is 1.55. The molecular formula is C19H19N3O3. The highest BCUT2D eigenvalue weighted by Gasteiger charge is 2.26. The van der Waals surface area contributed by atoms with E-state index in [1.165, 1.54) is 11.1 Å². The molecule has 0 saturated heterocycles. The Kier molecular flexibility index (Phi) is 4.01. The third-order valence-corrected chi connectivity index (χ3v) is 4.50. The van der Waals surface area contributed by atoms with Gasteiger partial charge in [-0.2, -0.15) is 4.98 Å². The first-order valence-corrected chi connectivity index (χ1v) is 8.19. The third-order valence-electron chi connectivity index (χ3n) is 4.50. The minimum Gasteiger partial charge on any atom is -0.497 e. The Morgan fingerprint density at radius 2 is 2.00 bits per heavy atom. The average molecular weight is 337 g/mol. The van der Waals surface area contributed by atoms with Gasteiger partial charge in [0.25, 0.3) is 0 Å². The molecule has 6 heteroatoms. The smallest absolute Gasteiger partial charge is 0.322 e. The number of rotatable bonds is 5. The van der Waals surface area contributed by atoms with E-state index in [0.717, 1.165) is 29.9 Å². The van der Waals surface area contributed by atoms with Gasteiger partial charge in [0.1, 0.15) is 11.5 Å². The highest BCUT2D eigenvalue weighted by atomic mass is 16.5. The Labute approximate surface area is 145 Å². The van der Waals surface area contributed by atoms with Gasteiger partial charge in [-0.25, -0.2) is 0 Å². The molecule has 1 aliphatic rings. The van der Waals surface area contributed by atoms with Crippen LogP contribution in [-0.4, -0.2) is 24.4 Å². The van der Waals surface area contributed by atoms with Gasteiger partial charge in [-0.15, -0.1) is 0 Å². The molecule has 3 aromatic rings. The first-order chi connectivity index (χ1) is 12.3. The molecule has 0 saturated carbocycles. The van der Waals surface area contributed by atoms with Crippen LogP contribution in [0.1, 0.15) is 23.6 Å². The summed E-state index contributed by atoms with van der Waals surface area (Å²) in [6, 6.07) is 14.3. The fourth-order valence-electron chi connectivity index (χ4n) is 3.27. The van der Waals surface area contributed by atoms with Crippen molar-refractivity contribution in [2.45, 2.75) is 18.9 Å². The van der Waals surface area contributed by atoms with Crippen LogP contribution >= 0.6 is 0 Å². The first-order valence-electron chi connectivity index (χ1n) is 8.19. The van der Waals surface area contributed by atoms with Crippen molar-refractivity contribution in [3.63, 3.8) is 0 Å². The number of hydrogen-bond acceptors (Lipinski definition) is 6. The lowest BCUT2D eigenvalue weighted by Crippen LogP contribution is -2.07. The maximum Gasteiger partial charge on any atom is 0.322 e. The first kappa shape index (κ1) is 15.5. The highest BCUT2D eigenvalue weighted by Crippen LogP contribution is 2.38. The summed E-state index contributed by atoms with van der Waals surface area (Å²) in [6.07, 6.45) is 1.93.